The van der Waals surface area contributed by atoms with Crippen LogP contribution in [0.2, 0.25) is 0 Å². The van der Waals surface area contributed by atoms with Gasteiger partial charge in [0.2, 0.25) is 12.2 Å². The molecule has 2 aliphatic heterocycles. The zero-order chi connectivity index (χ0) is 19.5. The van der Waals surface area contributed by atoms with Crippen LogP contribution in [0.5, 0.6) is 0 Å². The summed E-state index contributed by atoms with van der Waals surface area (Å²) in [6, 6.07) is 5.59. The highest BCUT2D eigenvalue weighted by atomic mass is 127. The van der Waals surface area contributed by atoms with Crippen molar-refractivity contribution in [3.05, 3.63) is 51.8 Å². The zero-order valence-corrected chi connectivity index (χ0v) is 17.0. The normalized spacial score (nSPS) is 22.7. The summed E-state index contributed by atoms with van der Waals surface area (Å²) in [4.78, 5) is 25.6. The predicted molar refractivity (Wildman–Crippen MR) is 105 cm³/mol. The second kappa shape index (κ2) is 6.45. The number of aliphatic hydroxyl groups excluding tert-OH is 1. The molecule has 0 unspecified atom stereocenters. The van der Waals surface area contributed by atoms with Gasteiger partial charge in [0.1, 0.15) is 23.8 Å². The molecule has 2 aromatic rings. The van der Waals surface area contributed by atoms with E-state index >= 15 is 0 Å². The number of carboxylic acid groups (broad SMARTS) is 1. The number of hydrogen-bond acceptors (Lipinski definition) is 3. The summed E-state index contributed by atoms with van der Waals surface area (Å²) < 4.78 is 4.86. The molecular weight excluding hydrogens is 461 g/mol. The van der Waals surface area contributed by atoms with E-state index in [9.17, 15) is 19.8 Å². The number of β-lactam (4-membered cyclic amide) rings is 1. The monoisotopic (exact) mass is 480 g/mol. The Bertz CT molecular complexity index is 995. The average Bonchev–Trinajstić information content (AvgIpc) is 3.15. The van der Waals surface area contributed by atoms with Crippen LogP contribution in [0.25, 0.3) is 11.3 Å². The molecule has 1 aromatic heterocycles. The Balaban J connectivity index is 1.80. The van der Waals surface area contributed by atoms with Gasteiger partial charge < -0.3 is 15.1 Å². The Kier molecular flexibility index (Phi) is 4.34. The summed E-state index contributed by atoms with van der Waals surface area (Å²) in [7, 11) is 1.93. The highest BCUT2D eigenvalue weighted by Gasteiger charge is 2.56. The molecule has 0 radical (unpaired) electrons. The molecule has 1 fully saturated rings. The number of halogens is 1. The third-order valence-corrected chi connectivity index (χ3v) is 5.85. The molecule has 3 heterocycles. The van der Waals surface area contributed by atoms with Crippen LogP contribution in [0.1, 0.15) is 18.9 Å². The highest BCUT2D eigenvalue weighted by Crippen LogP contribution is 2.47. The van der Waals surface area contributed by atoms with E-state index < -0.39 is 18.0 Å². The maximum Gasteiger partial charge on any atom is 0.352 e. The molecule has 3 atom stereocenters. The molecule has 1 aromatic carbocycles. The van der Waals surface area contributed by atoms with Crippen molar-refractivity contribution < 1.29 is 24.4 Å². The smallest absolute Gasteiger partial charge is 0.352 e. The van der Waals surface area contributed by atoms with Gasteiger partial charge in [-0.1, -0.05) is 0 Å². The fourth-order valence-corrected chi connectivity index (χ4v) is 4.68. The predicted octanol–water partition coefficient (Wildman–Crippen LogP) is 1.31. The highest BCUT2D eigenvalue weighted by molar-refractivity contribution is 14.1. The molecule has 2 N–H and O–H groups in total. The summed E-state index contributed by atoms with van der Waals surface area (Å²) in [5.41, 5.74) is 2.38. The average molecular weight is 480 g/mol. The molecule has 1 amide bonds. The first-order valence-electron chi connectivity index (χ1n) is 8.60. The molecule has 0 saturated carbocycles. The van der Waals surface area contributed by atoms with Crippen molar-refractivity contribution in [1.29, 1.82) is 0 Å². The number of nitrogens with zero attached hydrogens (tertiary/aromatic N) is 3. The molecule has 2 aliphatic rings. The molecule has 7 nitrogen and oxygen atoms in total. The minimum atomic E-state index is -1.11. The number of carboxylic acids is 1. The summed E-state index contributed by atoms with van der Waals surface area (Å²) >= 11 is 2.21. The van der Waals surface area contributed by atoms with Crippen LogP contribution in [0.4, 0.5) is 0 Å². The topological polar surface area (TPSA) is 86.7 Å². The number of aliphatic hydroxyl groups is 1. The van der Waals surface area contributed by atoms with Gasteiger partial charge in [-0.3, -0.25) is 4.79 Å². The quantitative estimate of drug-likeness (QED) is 0.393. The Morgan fingerprint density at radius 1 is 1.37 bits per heavy atom. The summed E-state index contributed by atoms with van der Waals surface area (Å²) in [6.45, 7) is 1.58. The number of benzene rings is 1. The van der Waals surface area contributed by atoms with Crippen molar-refractivity contribution in [2.45, 2.75) is 25.5 Å². The van der Waals surface area contributed by atoms with Crippen molar-refractivity contribution in [1.82, 2.24) is 9.47 Å². The van der Waals surface area contributed by atoms with Gasteiger partial charge in [-0.15, -0.1) is 0 Å². The standard InChI is InChI=1S/C19H18IN3O4/c1-10(24)16-15-8-14(17(19(26)27)23(15)18(16)25)11-5-12(20)7-13(6-11)22-4-3-21(2)9-22/h3-7,9-10,15-16,24H,8H2,1-2H3/p+1/t10-,15-,16-/m1/s1. The number of fused-ring (bicyclic) bond motifs is 1. The lowest BCUT2D eigenvalue weighted by molar-refractivity contribution is -0.670. The number of hydrogen-bond donors (Lipinski definition) is 2. The Hall–Kier alpha value is -2.20. The lowest BCUT2D eigenvalue weighted by atomic mass is 9.82. The molecule has 140 valence electrons. The van der Waals surface area contributed by atoms with Gasteiger partial charge in [-0.2, -0.15) is 0 Å². The van der Waals surface area contributed by atoms with Gasteiger partial charge in [0, 0.05) is 3.57 Å². The van der Waals surface area contributed by atoms with E-state index in [-0.39, 0.29) is 17.6 Å². The van der Waals surface area contributed by atoms with Crippen molar-refractivity contribution in [3.63, 3.8) is 0 Å². The summed E-state index contributed by atoms with van der Waals surface area (Å²) in [5, 5.41) is 19.6. The van der Waals surface area contributed by atoms with E-state index in [1.807, 2.05) is 53.1 Å². The van der Waals surface area contributed by atoms with Gasteiger partial charge in [0.15, 0.2) is 0 Å². The Morgan fingerprint density at radius 2 is 2.11 bits per heavy atom. The van der Waals surface area contributed by atoms with Gasteiger partial charge in [-0.25, -0.2) is 13.9 Å². The minimum Gasteiger partial charge on any atom is -0.477 e. The lowest BCUT2D eigenvalue weighted by Gasteiger charge is -2.44. The molecule has 8 heteroatoms. The molecule has 1 saturated heterocycles. The molecule has 0 spiro atoms. The van der Waals surface area contributed by atoms with Gasteiger partial charge in [0.25, 0.3) is 0 Å². The van der Waals surface area contributed by atoms with Gasteiger partial charge >= 0.3 is 5.97 Å². The SMILES string of the molecule is C[C@@H](O)[C@H]1C(=O)N2C(C(=O)O)=C(c3cc(I)cc(-n4cc[n+](C)c4)c3)C[C@H]12. The van der Waals surface area contributed by atoms with Crippen LogP contribution in [0.3, 0.4) is 0 Å². The second-order valence-corrected chi connectivity index (χ2v) is 8.31. The van der Waals surface area contributed by atoms with E-state index in [0.717, 1.165) is 14.8 Å². The van der Waals surface area contributed by atoms with E-state index in [2.05, 4.69) is 22.6 Å². The summed E-state index contributed by atoms with van der Waals surface area (Å²) in [6.07, 6.45) is 5.42. The number of imidazole rings is 1. The second-order valence-electron chi connectivity index (χ2n) is 7.06. The van der Waals surface area contributed by atoms with Crippen molar-refractivity contribution in [2.24, 2.45) is 13.0 Å². The molecule has 0 bridgehead atoms. The first kappa shape index (κ1) is 18.2. The molecular formula is C19H19IN3O4+. The lowest BCUT2D eigenvalue weighted by Crippen LogP contribution is -2.61. The van der Waals surface area contributed by atoms with E-state index in [4.69, 9.17) is 0 Å². The van der Waals surface area contributed by atoms with Crippen LogP contribution in [-0.2, 0) is 16.6 Å². The van der Waals surface area contributed by atoms with Gasteiger partial charge in [0.05, 0.1) is 25.1 Å². The molecule has 0 aliphatic carbocycles. The number of carbonyl (C=O) groups excluding carboxylic acids is 1. The Morgan fingerprint density at radius 3 is 2.70 bits per heavy atom. The van der Waals surface area contributed by atoms with E-state index in [0.29, 0.717) is 12.0 Å². The third kappa shape index (κ3) is 2.87. The van der Waals surface area contributed by atoms with Crippen molar-refractivity contribution in [2.75, 3.05) is 0 Å². The minimum absolute atomic E-state index is 0.0351. The zero-order valence-electron chi connectivity index (χ0n) is 14.8. The summed E-state index contributed by atoms with van der Waals surface area (Å²) in [5.74, 6) is -1.97. The fraction of sp³-hybridized carbons (Fsp3) is 0.316. The van der Waals surface area contributed by atoms with Crippen molar-refractivity contribution in [3.8, 4) is 5.69 Å². The number of carbonyl (C=O) groups is 2. The van der Waals surface area contributed by atoms with Gasteiger partial charge in [-0.05, 0) is 65.3 Å². The van der Waals surface area contributed by atoms with Crippen LogP contribution < -0.4 is 4.57 Å². The van der Waals surface area contributed by atoms with Crippen LogP contribution in [0, 0.1) is 9.49 Å². The number of aryl methyl sites for hydroxylation is 1. The van der Waals surface area contributed by atoms with E-state index in [1.165, 1.54) is 4.90 Å². The fourth-order valence-electron chi connectivity index (χ4n) is 4.03. The van der Waals surface area contributed by atoms with Crippen LogP contribution in [-0.4, -0.2) is 43.7 Å². The van der Waals surface area contributed by atoms with E-state index in [1.54, 1.807) is 6.92 Å². The Labute approximate surface area is 169 Å². The first-order chi connectivity index (χ1) is 12.8. The number of aromatic nitrogens is 2. The maximum atomic E-state index is 12.4. The number of aliphatic carboxylic acids is 1. The third-order valence-electron chi connectivity index (χ3n) is 5.23. The number of rotatable bonds is 4. The molecule has 4 rings (SSSR count). The number of amides is 1. The van der Waals surface area contributed by atoms with Crippen LogP contribution >= 0.6 is 22.6 Å². The molecule has 27 heavy (non-hydrogen) atoms. The maximum absolute atomic E-state index is 12.4. The largest absolute Gasteiger partial charge is 0.477 e. The van der Waals surface area contributed by atoms with Crippen LogP contribution in [0.15, 0.2) is 42.6 Å². The first-order valence-corrected chi connectivity index (χ1v) is 9.68. The van der Waals surface area contributed by atoms with Crippen molar-refractivity contribution >= 4 is 40.0 Å².